The van der Waals surface area contributed by atoms with Gasteiger partial charge in [0.1, 0.15) is 6.04 Å². The smallest absolute Gasteiger partial charge is 0.261 e. The molecule has 3 aromatic rings. The van der Waals surface area contributed by atoms with Crippen molar-refractivity contribution in [2.45, 2.75) is 63.6 Å². The quantitative estimate of drug-likeness (QED) is 0.288. The van der Waals surface area contributed by atoms with E-state index >= 15 is 0 Å². The minimum Gasteiger partial charge on any atom is -0.352 e. The molecule has 0 aromatic heterocycles. The van der Waals surface area contributed by atoms with Crippen LogP contribution in [0.1, 0.15) is 70.4 Å². The van der Waals surface area contributed by atoms with Gasteiger partial charge in [0.05, 0.1) is 11.1 Å². The second-order valence-electron chi connectivity index (χ2n) is 10.8. The van der Waals surface area contributed by atoms with Crippen molar-refractivity contribution in [3.05, 3.63) is 106 Å². The zero-order chi connectivity index (χ0) is 28.8. The highest BCUT2D eigenvalue weighted by molar-refractivity contribution is 9.10. The Morgan fingerprint density at radius 3 is 2.10 bits per heavy atom. The minimum atomic E-state index is -0.701. The molecule has 0 radical (unpaired) electrons. The fraction of sp³-hybridized carbons (Fsp3) is 0.333. The van der Waals surface area contributed by atoms with E-state index in [2.05, 4.69) is 21.2 Å². The summed E-state index contributed by atoms with van der Waals surface area (Å²) in [6.45, 7) is 0.413. The van der Waals surface area contributed by atoms with E-state index in [9.17, 15) is 19.2 Å². The first-order valence-corrected chi connectivity index (χ1v) is 15.0. The molecule has 1 saturated carbocycles. The molecule has 8 heteroatoms. The molecule has 3 aromatic carbocycles. The van der Waals surface area contributed by atoms with Crippen LogP contribution in [0.2, 0.25) is 0 Å². The maximum atomic E-state index is 13.9. The highest BCUT2D eigenvalue weighted by Crippen LogP contribution is 2.24. The maximum absolute atomic E-state index is 13.9. The van der Waals surface area contributed by atoms with E-state index in [1.54, 1.807) is 29.2 Å². The van der Waals surface area contributed by atoms with E-state index in [1.807, 2.05) is 54.6 Å². The largest absolute Gasteiger partial charge is 0.352 e. The van der Waals surface area contributed by atoms with Gasteiger partial charge in [-0.1, -0.05) is 83.4 Å². The van der Waals surface area contributed by atoms with Crippen LogP contribution in [0.25, 0.3) is 0 Å². The summed E-state index contributed by atoms with van der Waals surface area (Å²) < 4.78 is 0.930. The first-order valence-electron chi connectivity index (χ1n) is 14.2. The van der Waals surface area contributed by atoms with Crippen molar-refractivity contribution in [3.63, 3.8) is 0 Å². The van der Waals surface area contributed by atoms with Crippen LogP contribution in [-0.2, 0) is 22.6 Å². The first-order chi connectivity index (χ1) is 19.9. The van der Waals surface area contributed by atoms with Crippen LogP contribution in [0.3, 0.4) is 0 Å². The molecule has 1 heterocycles. The van der Waals surface area contributed by atoms with Gasteiger partial charge in [-0.2, -0.15) is 0 Å². The Balaban J connectivity index is 1.35. The van der Waals surface area contributed by atoms with Gasteiger partial charge in [-0.15, -0.1) is 0 Å². The number of rotatable bonds is 11. The summed E-state index contributed by atoms with van der Waals surface area (Å²) in [5, 5.41) is 3.21. The molecular weight excluding hydrogens is 582 g/mol. The molecule has 1 atom stereocenters. The van der Waals surface area contributed by atoms with E-state index in [0.29, 0.717) is 24.0 Å². The van der Waals surface area contributed by atoms with Gasteiger partial charge in [-0.25, -0.2) is 0 Å². The second kappa shape index (κ2) is 13.3. The second-order valence-corrected chi connectivity index (χ2v) is 11.7. The van der Waals surface area contributed by atoms with E-state index in [-0.39, 0.29) is 49.2 Å². The Bertz CT molecular complexity index is 1370. The van der Waals surface area contributed by atoms with Crippen molar-refractivity contribution in [1.82, 2.24) is 15.1 Å². The number of hydrogen-bond donors (Lipinski definition) is 1. The third-order valence-electron chi connectivity index (χ3n) is 7.89. The van der Waals surface area contributed by atoms with Crippen LogP contribution >= 0.6 is 15.9 Å². The molecule has 1 N–H and O–H groups in total. The van der Waals surface area contributed by atoms with E-state index in [4.69, 9.17) is 0 Å². The molecule has 7 nitrogen and oxygen atoms in total. The van der Waals surface area contributed by atoms with Gasteiger partial charge in [0.15, 0.2) is 0 Å². The topological polar surface area (TPSA) is 86.8 Å². The summed E-state index contributed by atoms with van der Waals surface area (Å²) in [7, 11) is 0. The Kier molecular flexibility index (Phi) is 9.29. The van der Waals surface area contributed by atoms with Gasteiger partial charge in [-0.05, 0) is 54.7 Å². The van der Waals surface area contributed by atoms with Crippen molar-refractivity contribution in [3.8, 4) is 0 Å². The van der Waals surface area contributed by atoms with Gasteiger partial charge < -0.3 is 10.2 Å². The van der Waals surface area contributed by atoms with Crippen molar-refractivity contribution >= 4 is 39.6 Å². The predicted octanol–water partition coefficient (Wildman–Crippen LogP) is 5.52. The van der Waals surface area contributed by atoms with Gasteiger partial charge in [-0.3, -0.25) is 24.1 Å². The fourth-order valence-corrected chi connectivity index (χ4v) is 5.95. The van der Waals surface area contributed by atoms with Crippen LogP contribution in [0, 0.1) is 0 Å². The van der Waals surface area contributed by atoms with Gasteiger partial charge >= 0.3 is 0 Å². The Hall–Kier alpha value is -3.78. The normalized spacial score (nSPS) is 15.6. The van der Waals surface area contributed by atoms with Crippen molar-refractivity contribution in [1.29, 1.82) is 0 Å². The van der Waals surface area contributed by atoms with Gasteiger partial charge in [0, 0.05) is 36.4 Å². The minimum absolute atomic E-state index is 0.103. The molecule has 1 unspecified atom stereocenters. The molecule has 41 heavy (non-hydrogen) atoms. The molecule has 5 rings (SSSR count). The number of halogens is 1. The standard InChI is InChI=1S/C33H34BrN3O4/c34-25-18-16-24(17-19-25)22-37(29(21-23-9-2-1-3-10-23)31(39)35-26-11-4-5-12-26)30(38)15-8-20-36-32(40)27-13-6-7-14-28(27)33(36)41/h1-3,6-7,9-10,13-14,16-19,26,29H,4-5,8,11-12,15,20-22H2,(H,35,39). The summed E-state index contributed by atoms with van der Waals surface area (Å²) >= 11 is 3.47. The van der Waals surface area contributed by atoms with E-state index in [1.165, 1.54) is 4.90 Å². The maximum Gasteiger partial charge on any atom is 0.261 e. The lowest BCUT2D eigenvalue weighted by molar-refractivity contribution is -0.141. The van der Waals surface area contributed by atoms with Crippen molar-refractivity contribution < 1.29 is 19.2 Å². The average Bonchev–Trinajstić information content (AvgIpc) is 3.58. The highest BCUT2D eigenvalue weighted by atomic mass is 79.9. The van der Waals surface area contributed by atoms with Crippen LogP contribution in [0.15, 0.2) is 83.3 Å². The summed E-state index contributed by atoms with van der Waals surface area (Å²) in [5.74, 6) is -0.996. The molecule has 0 spiro atoms. The van der Waals surface area contributed by atoms with E-state index < -0.39 is 6.04 Å². The highest BCUT2D eigenvalue weighted by Gasteiger charge is 2.36. The number of amides is 4. The summed E-state index contributed by atoms with van der Waals surface area (Å²) in [5.41, 5.74) is 2.67. The van der Waals surface area contributed by atoms with Gasteiger partial charge in [0.25, 0.3) is 11.8 Å². The van der Waals surface area contributed by atoms with Crippen LogP contribution in [0.4, 0.5) is 0 Å². The fourth-order valence-electron chi connectivity index (χ4n) is 5.68. The number of nitrogens with one attached hydrogen (secondary N) is 1. The lowest BCUT2D eigenvalue weighted by atomic mass is 10.0. The monoisotopic (exact) mass is 615 g/mol. The van der Waals surface area contributed by atoms with E-state index in [0.717, 1.165) is 41.3 Å². The number of carbonyl (C=O) groups is 4. The number of fused-ring (bicyclic) bond motifs is 1. The molecular formula is C33H34BrN3O4. The third kappa shape index (κ3) is 6.93. The zero-order valence-corrected chi connectivity index (χ0v) is 24.5. The molecule has 1 aliphatic carbocycles. The van der Waals surface area contributed by atoms with Crippen molar-refractivity contribution in [2.75, 3.05) is 6.54 Å². The number of carbonyl (C=O) groups excluding carboxylic acids is 4. The number of nitrogens with zero attached hydrogens (tertiary/aromatic N) is 2. The molecule has 2 aliphatic rings. The molecule has 0 saturated heterocycles. The Labute approximate surface area is 249 Å². The zero-order valence-electron chi connectivity index (χ0n) is 22.9. The summed E-state index contributed by atoms with van der Waals surface area (Å²) in [6.07, 6.45) is 4.88. The SMILES string of the molecule is O=C(NC1CCCC1)C(Cc1ccccc1)N(Cc1ccc(Br)cc1)C(=O)CCCN1C(=O)c2ccccc2C1=O. The number of hydrogen-bond acceptors (Lipinski definition) is 4. The molecule has 212 valence electrons. The summed E-state index contributed by atoms with van der Waals surface area (Å²) in [6, 6.07) is 23.7. The molecule has 1 fully saturated rings. The summed E-state index contributed by atoms with van der Waals surface area (Å²) in [4.78, 5) is 56.2. The average molecular weight is 617 g/mol. The van der Waals surface area contributed by atoms with Gasteiger partial charge in [0.2, 0.25) is 11.8 Å². The number of benzene rings is 3. The molecule has 0 bridgehead atoms. The van der Waals surface area contributed by atoms with Crippen molar-refractivity contribution in [2.24, 2.45) is 0 Å². The Morgan fingerprint density at radius 2 is 1.46 bits per heavy atom. The third-order valence-corrected chi connectivity index (χ3v) is 8.42. The van der Waals surface area contributed by atoms with Crippen LogP contribution in [0.5, 0.6) is 0 Å². The number of imide groups is 1. The van der Waals surface area contributed by atoms with Crippen LogP contribution < -0.4 is 5.32 Å². The molecule has 1 aliphatic heterocycles. The Morgan fingerprint density at radius 1 is 0.854 bits per heavy atom. The van der Waals surface area contributed by atoms with Crippen LogP contribution in [-0.4, -0.2) is 52.1 Å². The lowest BCUT2D eigenvalue weighted by Gasteiger charge is -2.32. The molecule has 4 amide bonds. The lowest BCUT2D eigenvalue weighted by Crippen LogP contribution is -2.52. The predicted molar refractivity (Wildman–Crippen MR) is 160 cm³/mol. The first kappa shape index (κ1) is 28.7.